The van der Waals surface area contributed by atoms with Gasteiger partial charge in [-0.3, -0.25) is 4.79 Å². The van der Waals surface area contributed by atoms with Crippen molar-refractivity contribution in [3.05, 3.63) is 16.1 Å². The SMILES string of the molecule is CCOC(=O)C(N)Cc1nc(C(C)(C)C)cs1. The third-order valence-electron chi connectivity index (χ3n) is 2.30. The average Bonchev–Trinajstić information content (AvgIpc) is 2.66. The first-order valence-corrected chi connectivity index (χ1v) is 6.59. The van der Waals surface area contributed by atoms with Gasteiger partial charge in [-0.15, -0.1) is 11.3 Å². The minimum absolute atomic E-state index is 0.0305. The van der Waals surface area contributed by atoms with E-state index in [0.717, 1.165) is 10.7 Å². The summed E-state index contributed by atoms with van der Waals surface area (Å²) in [6, 6.07) is -0.617. The average molecular weight is 256 g/mol. The normalized spacial score (nSPS) is 13.5. The van der Waals surface area contributed by atoms with E-state index in [0.29, 0.717) is 13.0 Å². The van der Waals surface area contributed by atoms with Crippen molar-refractivity contribution in [2.75, 3.05) is 6.61 Å². The lowest BCUT2D eigenvalue weighted by Gasteiger charge is -2.14. The van der Waals surface area contributed by atoms with Crippen LogP contribution in [0.25, 0.3) is 0 Å². The lowest BCUT2D eigenvalue weighted by atomic mass is 9.93. The molecule has 0 aliphatic heterocycles. The molecule has 1 heterocycles. The van der Waals surface area contributed by atoms with Crippen molar-refractivity contribution in [3.8, 4) is 0 Å². The minimum Gasteiger partial charge on any atom is -0.465 e. The molecular formula is C12H20N2O2S. The Kier molecular flexibility index (Phi) is 4.65. The molecule has 1 rings (SSSR count). The second-order valence-corrected chi connectivity index (χ2v) is 5.88. The van der Waals surface area contributed by atoms with Gasteiger partial charge in [-0.1, -0.05) is 20.8 Å². The lowest BCUT2D eigenvalue weighted by molar-refractivity contribution is -0.144. The van der Waals surface area contributed by atoms with Crippen LogP contribution in [-0.4, -0.2) is 23.6 Å². The summed E-state index contributed by atoms with van der Waals surface area (Å²) in [7, 11) is 0. The molecule has 4 nitrogen and oxygen atoms in total. The number of thiazole rings is 1. The molecule has 0 aliphatic carbocycles. The molecule has 5 heteroatoms. The third-order valence-corrected chi connectivity index (χ3v) is 3.18. The van der Waals surface area contributed by atoms with E-state index in [1.165, 1.54) is 0 Å². The highest BCUT2D eigenvalue weighted by atomic mass is 32.1. The Morgan fingerprint density at radius 1 is 1.59 bits per heavy atom. The largest absolute Gasteiger partial charge is 0.465 e. The van der Waals surface area contributed by atoms with Crippen LogP contribution in [0.5, 0.6) is 0 Å². The molecule has 1 aromatic rings. The number of carbonyl (C=O) groups is 1. The predicted octanol–water partition coefficient (Wildman–Crippen LogP) is 1.87. The molecule has 2 N–H and O–H groups in total. The maximum atomic E-state index is 11.4. The molecule has 17 heavy (non-hydrogen) atoms. The monoisotopic (exact) mass is 256 g/mol. The number of esters is 1. The fraction of sp³-hybridized carbons (Fsp3) is 0.667. The van der Waals surface area contributed by atoms with Gasteiger partial charge in [0.05, 0.1) is 17.3 Å². The summed E-state index contributed by atoms with van der Waals surface area (Å²) in [5, 5.41) is 2.91. The molecule has 1 unspecified atom stereocenters. The van der Waals surface area contributed by atoms with Crippen LogP contribution in [0.3, 0.4) is 0 Å². The third kappa shape index (κ3) is 4.09. The Labute approximate surface area is 106 Å². The van der Waals surface area contributed by atoms with E-state index in [-0.39, 0.29) is 11.4 Å². The van der Waals surface area contributed by atoms with E-state index in [1.54, 1.807) is 18.3 Å². The van der Waals surface area contributed by atoms with E-state index in [4.69, 9.17) is 10.5 Å². The van der Waals surface area contributed by atoms with Crippen molar-refractivity contribution >= 4 is 17.3 Å². The molecule has 96 valence electrons. The molecule has 0 bridgehead atoms. The summed E-state index contributed by atoms with van der Waals surface area (Å²) in [5.41, 5.74) is 6.81. The van der Waals surface area contributed by atoms with Crippen molar-refractivity contribution in [2.45, 2.75) is 45.6 Å². The number of nitrogens with two attached hydrogens (primary N) is 1. The summed E-state index contributed by atoms with van der Waals surface area (Å²) in [6.07, 6.45) is 0.444. The van der Waals surface area contributed by atoms with Crippen molar-refractivity contribution in [2.24, 2.45) is 5.73 Å². The number of ether oxygens (including phenoxy) is 1. The summed E-state index contributed by atoms with van der Waals surface area (Å²) in [4.78, 5) is 15.9. The molecule has 0 amide bonds. The fourth-order valence-corrected chi connectivity index (χ4v) is 2.35. The first-order chi connectivity index (χ1) is 7.84. The van der Waals surface area contributed by atoms with Crippen molar-refractivity contribution in [1.29, 1.82) is 0 Å². The van der Waals surface area contributed by atoms with E-state index in [2.05, 4.69) is 25.8 Å². The van der Waals surface area contributed by atoms with Crippen LogP contribution in [0.2, 0.25) is 0 Å². The van der Waals surface area contributed by atoms with Gasteiger partial charge in [0, 0.05) is 17.2 Å². The fourth-order valence-electron chi connectivity index (χ4n) is 1.27. The maximum absolute atomic E-state index is 11.4. The van der Waals surface area contributed by atoms with Gasteiger partial charge in [0.2, 0.25) is 0 Å². The van der Waals surface area contributed by atoms with Crippen molar-refractivity contribution in [1.82, 2.24) is 4.98 Å². The van der Waals surface area contributed by atoms with Crippen LogP contribution >= 0.6 is 11.3 Å². The molecule has 0 fully saturated rings. The van der Waals surface area contributed by atoms with Gasteiger partial charge >= 0.3 is 5.97 Å². The Bertz CT molecular complexity index is 382. The second kappa shape index (κ2) is 5.60. The molecule has 0 radical (unpaired) electrons. The van der Waals surface area contributed by atoms with Gasteiger partial charge in [0.15, 0.2) is 0 Å². The predicted molar refractivity (Wildman–Crippen MR) is 69.1 cm³/mol. The number of nitrogens with zero attached hydrogens (tertiary/aromatic N) is 1. The Balaban J connectivity index is 2.64. The second-order valence-electron chi connectivity index (χ2n) is 4.94. The van der Waals surface area contributed by atoms with E-state index >= 15 is 0 Å². The molecular weight excluding hydrogens is 236 g/mol. The first kappa shape index (κ1) is 14.1. The van der Waals surface area contributed by atoms with Gasteiger partial charge < -0.3 is 10.5 Å². The highest BCUT2D eigenvalue weighted by molar-refractivity contribution is 7.09. The van der Waals surface area contributed by atoms with Crippen molar-refractivity contribution in [3.63, 3.8) is 0 Å². The van der Waals surface area contributed by atoms with Gasteiger partial charge in [0.25, 0.3) is 0 Å². The topological polar surface area (TPSA) is 65.2 Å². The first-order valence-electron chi connectivity index (χ1n) is 5.71. The quantitative estimate of drug-likeness (QED) is 0.835. The Morgan fingerprint density at radius 3 is 2.71 bits per heavy atom. The summed E-state index contributed by atoms with van der Waals surface area (Å²) in [6.45, 7) is 8.45. The van der Waals surface area contributed by atoms with E-state index < -0.39 is 6.04 Å². The summed E-state index contributed by atoms with van der Waals surface area (Å²) in [5.74, 6) is -0.361. The van der Waals surface area contributed by atoms with Crippen LogP contribution < -0.4 is 5.73 Å². The zero-order valence-electron chi connectivity index (χ0n) is 10.8. The number of carbonyl (C=O) groups excluding carboxylic acids is 1. The van der Waals surface area contributed by atoms with Crippen LogP contribution in [0.1, 0.15) is 38.4 Å². The number of rotatable bonds is 4. The summed E-state index contributed by atoms with van der Waals surface area (Å²) >= 11 is 1.54. The van der Waals surface area contributed by atoms with E-state index in [1.807, 2.05) is 5.38 Å². The zero-order chi connectivity index (χ0) is 13.1. The molecule has 1 aromatic heterocycles. The van der Waals surface area contributed by atoms with Crippen LogP contribution in [0.15, 0.2) is 5.38 Å². The number of aromatic nitrogens is 1. The van der Waals surface area contributed by atoms with Gasteiger partial charge in [-0.25, -0.2) is 4.98 Å². The van der Waals surface area contributed by atoms with Crippen LogP contribution in [0.4, 0.5) is 0 Å². The Morgan fingerprint density at radius 2 is 2.24 bits per heavy atom. The number of hydrogen-bond donors (Lipinski definition) is 1. The zero-order valence-corrected chi connectivity index (χ0v) is 11.6. The van der Waals surface area contributed by atoms with Gasteiger partial charge in [-0.05, 0) is 6.92 Å². The minimum atomic E-state index is -0.617. The standard InChI is InChI=1S/C12H20N2O2S/c1-5-16-11(15)8(13)6-10-14-9(7-17-10)12(2,3)4/h7-8H,5-6,13H2,1-4H3. The van der Waals surface area contributed by atoms with Gasteiger partial charge in [-0.2, -0.15) is 0 Å². The lowest BCUT2D eigenvalue weighted by Crippen LogP contribution is -2.34. The molecule has 0 aliphatic rings. The van der Waals surface area contributed by atoms with Crippen LogP contribution in [0, 0.1) is 0 Å². The molecule has 0 saturated heterocycles. The van der Waals surface area contributed by atoms with E-state index in [9.17, 15) is 4.79 Å². The molecule has 0 aromatic carbocycles. The smallest absolute Gasteiger partial charge is 0.323 e. The molecule has 0 spiro atoms. The highest BCUT2D eigenvalue weighted by Gasteiger charge is 2.20. The summed E-state index contributed by atoms with van der Waals surface area (Å²) < 4.78 is 4.86. The Hall–Kier alpha value is -0.940. The van der Waals surface area contributed by atoms with Crippen molar-refractivity contribution < 1.29 is 9.53 Å². The van der Waals surface area contributed by atoms with Gasteiger partial charge in [0.1, 0.15) is 6.04 Å². The molecule has 1 atom stereocenters. The maximum Gasteiger partial charge on any atom is 0.323 e. The molecule has 0 saturated carbocycles. The highest BCUT2D eigenvalue weighted by Crippen LogP contribution is 2.24. The van der Waals surface area contributed by atoms with Crippen LogP contribution in [-0.2, 0) is 21.4 Å². The number of hydrogen-bond acceptors (Lipinski definition) is 5.